The largest absolute Gasteiger partial charge is 0.352 e. The van der Waals surface area contributed by atoms with E-state index in [1.807, 2.05) is 17.0 Å². The standard InChI is InChI=1S/C16H19ClN2O2/c17-14-5-1-4-13(12-14)7-8-15(20)18-9-3-11-19-10-2-6-16(19)21/h1,4-5,7-8,12H,2-3,6,9-11H2,(H,18,20)/b8-7+. The van der Waals surface area contributed by atoms with E-state index in [1.165, 1.54) is 6.08 Å². The van der Waals surface area contributed by atoms with Gasteiger partial charge >= 0.3 is 0 Å². The van der Waals surface area contributed by atoms with Gasteiger partial charge in [-0.2, -0.15) is 0 Å². The van der Waals surface area contributed by atoms with Gasteiger partial charge in [0.05, 0.1) is 0 Å². The van der Waals surface area contributed by atoms with E-state index in [-0.39, 0.29) is 11.8 Å². The molecule has 0 radical (unpaired) electrons. The van der Waals surface area contributed by atoms with Gasteiger partial charge in [0.15, 0.2) is 0 Å². The van der Waals surface area contributed by atoms with Crippen LogP contribution in [0.1, 0.15) is 24.8 Å². The molecule has 5 heteroatoms. The average Bonchev–Trinajstić information content (AvgIpc) is 2.87. The van der Waals surface area contributed by atoms with Gasteiger partial charge in [-0.25, -0.2) is 0 Å². The van der Waals surface area contributed by atoms with Gasteiger partial charge < -0.3 is 10.2 Å². The zero-order chi connectivity index (χ0) is 15.1. The highest BCUT2D eigenvalue weighted by Gasteiger charge is 2.18. The van der Waals surface area contributed by atoms with Gasteiger partial charge in [-0.15, -0.1) is 0 Å². The molecule has 0 aliphatic carbocycles. The van der Waals surface area contributed by atoms with Crippen molar-refractivity contribution in [2.45, 2.75) is 19.3 Å². The van der Waals surface area contributed by atoms with Gasteiger partial charge in [0, 0.05) is 37.2 Å². The van der Waals surface area contributed by atoms with Crippen molar-refractivity contribution in [3.63, 3.8) is 0 Å². The highest BCUT2D eigenvalue weighted by atomic mass is 35.5. The Morgan fingerprint density at radius 3 is 3.00 bits per heavy atom. The second-order valence-corrected chi connectivity index (χ2v) is 5.45. The number of likely N-dealkylation sites (tertiary alicyclic amines) is 1. The number of nitrogens with one attached hydrogen (secondary N) is 1. The van der Waals surface area contributed by atoms with E-state index in [9.17, 15) is 9.59 Å². The van der Waals surface area contributed by atoms with Crippen molar-refractivity contribution in [3.8, 4) is 0 Å². The predicted molar refractivity (Wildman–Crippen MR) is 83.9 cm³/mol. The average molecular weight is 307 g/mol. The molecule has 0 atom stereocenters. The molecule has 1 heterocycles. The van der Waals surface area contributed by atoms with E-state index in [4.69, 9.17) is 11.6 Å². The van der Waals surface area contributed by atoms with Crippen molar-refractivity contribution in [1.29, 1.82) is 0 Å². The van der Waals surface area contributed by atoms with Crippen molar-refractivity contribution in [2.24, 2.45) is 0 Å². The maximum absolute atomic E-state index is 11.7. The molecule has 0 bridgehead atoms. The van der Waals surface area contributed by atoms with Gasteiger partial charge in [0.2, 0.25) is 11.8 Å². The van der Waals surface area contributed by atoms with Crippen molar-refractivity contribution in [2.75, 3.05) is 19.6 Å². The van der Waals surface area contributed by atoms with Crippen molar-refractivity contribution in [3.05, 3.63) is 40.9 Å². The van der Waals surface area contributed by atoms with Crippen LogP contribution in [0.15, 0.2) is 30.3 Å². The lowest BCUT2D eigenvalue weighted by Gasteiger charge is -2.14. The molecule has 1 aromatic rings. The summed E-state index contributed by atoms with van der Waals surface area (Å²) in [6.07, 6.45) is 5.61. The van der Waals surface area contributed by atoms with Gasteiger partial charge in [-0.05, 0) is 36.6 Å². The fourth-order valence-electron chi connectivity index (χ4n) is 2.26. The zero-order valence-corrected chi connectivity index (χ0v) is 12.6. The molecule has 21 heavy (non-hydrogen) atoms. The predicted octanol–water partition coefficient (Wildman–Crippen LogP) is 2.48. The van der Waals surface area contributed by atoms with E-state index in [0.717, 1.165) is 31.5 Å². The third kappa shape index (κ3) is 5.23. The lowest BCUT2D eigenvalue weighted by Crippen LogP contribution is -2.29. The first-order valence-corrected chi connectivity index (χ1v) is 7.52. The van der Waals surface area contributed by atoms with Crippen LogP contribution in [0.3, 0.4) is 0 Å². The van der Waals surface area contributed by atoms with Crippen LogP contribution in [0.2, 0.25) is 5.02 Å². The topological polar surface area (TPSA) is 49.4 Å². The molecular formula is C16H19ClN2O2. The van der Waals surface area contributed by atoms with Crippen LogP contribution in [0, 0.1) is 0 Å². The number of amides is 2. The Labute approximate surface area is 129 Å². The minimum atomic E-state index is -0.136. The fourth-order valence-corrected chi connectivity index (χ4v) is 2.46. The van der Waals surface area contributed by atoms with Gasteiger partial charge in [0.1, 0.15) is 0 Å². The van der Waals surface area contributed by atoms with E-state index in [0.29, 0.717) is 18.0 Å². The van der Waals surface area contributed by atoms with Crippen LogP contribution in [0.25, 0.3) is 6.08 Å². The van der Waals surface area contributed by atoms with Crippen LogP contribution in [0.4, 0.5) is 0 Å². The van der Waals surface area contributed by atoms with Gasteiger partial charge in [-0.1, -0.05) is 23.7 Å². The van der Waals surface area contributed by atoms with Crippen LogP contribution < -0.4 is 5.32 Å². The number of halogens is 1. The number of carbonyl (C=O) groups excluding carboxylic acids is 2. The Kier molecular flexibility index (Phi) is 5.81. The smallest absolute Gasteiger partial charge is 0.244 e. The summed E-state index contributed by atoms with van der Waals surface area (Å²) in [6.45, 7) is 2.14. The maximum atomic E-state index is 11.7. The third-order valence-corrected chi connectivity index (χ3v) is 3.59. The normalized spacial score (nSPS) is 14.9. The summed E-state index contributed by atoms with van der Waals surface area (Å²) in [4.78, 5) is 24.9. The summed E-state index contributed by atoms with van der Waals surface area (Å²) in [7, 11) is 0. The number of hydrogen-bond donors (Lipinski definition) is 1. The summed E-state index contributed by atoms with van der Waals surface area (Å²) >= 11 is 5.87. The number of rotatable bonds is 6. The summed E-state index contributed by atoms with van der Waals surface area (Å²) < 4.78 is 0. The van der Waals surface area contributed by atoms with E-state index < -0.39 is 0 Å². The van der Waals surface area contributed by atoms with E-state index in [1.54, 1.807) is 18.2 Å². The minimum Gasteiger partial charge on any atom is -0.352 e. The molecule has 1 fully saturated rings. The van der Waals surface area contributed by atoms with Crippen LogP contribution in [-0.4, -0.2) is 36.3 Å². The van der Waals surface area contributed by atoms with Crippen LogP contribution >= 0.6 is 11.6 Å². The lowest BCUT2D eigenvalue weighted by atomic mass is 10.2. The van der Waals surface area contributed by atoms with Crippen molar-refractivity contribution in [1.82, 2.24) is 10.2 Å². The minimum absolute atomic E-state index is 0.136. The van der Waals surface area contributed by atoms with E-state index >= 15 is 0 Å². The molecule has 0 spiro atoms. The molecule has 1 N–H and O–H groups in total. The first-order chi connectivity index (χ1) is 10.1. The summed E-state index contributed by atoms with van der Waals surface area (Å²) in [5.41, 5.74) is 0.889. The first kappa shape index (κ1) is 15.6. The number of hydrogen-bond acceptors (Lipinski definition) is 2. The molecule has 4 nitrogen and oxygen atoms in total. The second-order valence-electron chi connectivity index (χ2n) is 5.02. The quantitative estimate of drug-likeness (QED) is 0.648. The van der Waals surface area contributed by atoms with Gasteiger partial charge in [-0.3, -0.25) is 9.59 Å². The van der Waals surface area contributed by atoms with E-state index in [2.05, 4.69) is 5.32 Å². The van der Waals surface area contributed by atoms with Crippen molar-refractivity contribution < 1.29 is 9.59 Å². The molecular weight excluding hydrogens is 288 g/mol. The Morgan fingerprint density at radius 1 is 1.43 bits per heavy atom. The molecule has 1 aliphatic heterocycles. The zero-order valence-electron chi connectivity index (χ0n) is 11.8. The SMILES string of the molecule is O=C(/C=C/c1cccc(Cl)c1)NCCCN1CCCC1=O. The van der Waals surface area contributed by atoms with Crippen molar-refractivity contribution >= 4 is 29.5 Å². The summed E-state index contributed by atoms with van der Waals surface area (Å²) in [5, 5.41) is 3.46. The molecule has 0 saturated carbocycles. The molecule has 1 saturated heterocycles. The first-order valence-electron chi connectivity index (χ1n) is 7.14. The highest BCUT2D eigenvalue weighted by Crippen LogP contribution is 2.11. The highest BCUT2D eigenvalue weighted by molar-refractivity contribution is 6.30. The molecule has 2 amide bonds. The Hall–Kier alpha value is -1.81. The lowest BCUT2D eigenvalue weighted by molar-refractivity contribution is -0.127. The molecule has 0 aromatic heterocycles. The molecule has 1 aromatic carbocycles. The number of benzene rings is 1. The molecule has 0 unspecified atom stereocenters. The van der Waals surface area contributed by atoms with Crippen LogP contribution in [-0.2, 0) is 9.59 Å². The molecule has 1 aliphatic rings. The maximum Gasteiger partial charge on any atom is 0.244 e. The Morgan fingerprint density at radius 2 is 2.29 bits per heavy atom. The summed E-state index contributed by atoms with van der Waals surface area (Å²) in [5.74, 6) is 0.0879. The van der Waals surface area contributed by atoms with Crippen LogP contribution in [0.5, 0.6) is 0 Å². The van der Waals surface area contributed by atoms with Gasteiger partial charge in [0.25, 0.3) is 0 Å². The monoisotopic (exact) mass is 306 g/mol. The molecule has 112 valence electrons. The molecule has 2 rings (SSSR count). The third-order valence-electron chi connectivity index (χ3n) is 3.35. The Balaban J connectivity index is 1.66. The number of nitrogens with zero attached hydrogens (tertiary/aromatic N) is 1. The fraction of sp³-hybridized carbons (Fsp3) is 0.375. The Bertz CT molecular complexity index is 543. The second kappa shape index (κ2) is 7.84. The summed E-state index contributed by atoms with van der Waals surface area (Å²) in [6, 6.07) is 7.31. The number of carbonyl (C=O) groups is 2.